The van der Waals surface area contributed by atoms with Gasteiger partial charge in [-0.25, -0.2) is 8.42 Å². The topological polar surface area (TPSA) is 57.7 Å². The number of halogens is 1. The molecule has 0 bridgehead atoms. The maximum Gasteiger partial charge on any atom is 0.243 e. The van der Waals surface area contributed by atoms with Crippen LogP contribution >= 0.6 is 11.6 Å². The fourth-order valence-corrected chi connectivity index (χ4v) is 6.64. The average molecular weight is 469 g/mol. The van der Waals surface area contributed by atoms with E-state index in [0.717, 1.165) is 38.6 Å². The highest BCUT2D eigenvalue weighted by Gasteiger charge is 2.41. The van der Waals surface area contributed by atoms with Gasteiger partial charge in [-0.1, -0.05) is 37.8 Å². The fourth-order valence-electron chi connectivity index (χ4n) is 4.99. The predicted molar refractivity (Wildman–Crippen MR) is 126 cm³/mol. The Labute approximate surface area is 193 Å². The van der Waals surface area contributed by atoms with Gasteiger partial charge in [-0.05, 0) is 81.9 Å². The first-order valence-corrected chi connectivity index (χ1v) is 13.7. The maximum atomic E-state index is 13.1. The molecule has 2 aliphatic rings. The number of hydrogen-bond donors (Lipinski definition) is 0. The first-order valence-electron chi connectivity index (χ1n) is 11.9. The molecule has 1 aromatic rings. The van der Waals surface area contributed by atoms with Gasteiger partial charge in [0.2, 0.25) is 10.0 Å². The van der Waals surface area contributed by atoms with Gasteiger partial charge in [0.15, 0.2) is 0 Å². The van der Waals surface area contributed by atoms with Crippen LogP contribution in [0, 0.1) is 11.8 Å². The van der Waals surface area contributed by atoms with E-state index in [1.165, 1.54) is 36.7 Å². The van der Waals surface area contributed by atoms with E-state index in [2.05, 4.69) is 11.8 Å². The van der Waals surface area contributed by atoms with Crippen molar-refractivity contribution < 1.29 is 13.2 Å². The van der Waals surface area contributed by atoms with Gasteiger partial charge in [-0.15, -0.1) is 0 Å². The zero-order valence-corrected chi connectivity index (χ0v) is 20.3. The number of hydrogen-bond acceptors (Lipinski definition) is 4. The highest BCUT2D eigenvalue weighted by Crippen LogP contribution is 2.33. The third-order valence-corrected chi connectivity index (χ3v) is 8.88. The standard InChI is InChI=1S/C24H37ClN2O3S/c1-2-9-20-18-27(31(29,30)22-13-11-21(25)12-14-22)19-23(20)24(28)10-5-3-6-15-26-16-7-4-8-17-26/h11-14,20,23H,2-10,15-19H2,1H3/t20-,23?/m0/s1. The SMILES string of the molecule is CCC[C@H]1CN(S(=O)(=O)c2ccc(Cl)cc2)CC1C(=O)CCCCCN1CCCCC1. The highest BCUT2D eigenvalue weighted by molar-refractivity contribution is 7.89. The molecule has 2 atom stereocenters. The molecule has 2 heterocycles. The van der Waals surface area contributed by atoms with Gasteiger partial charge in [-0.2, -0.15) is 4.31 Å². The molecular formula is C24H37ClN2O3S. The van der Waals surface area contributed by atoms with Crippen molar-refractivity contribution >= 4 is 27.4 Å². The summed E-state index contributed by atoms with van der Waals surface area (Å²) in [5.74, 6) is 0.183. The monoisotopic (exact) mass is 468 g/mol. The normalized spacial score (nSPS) is 23.3. The molecule has 0 aromatic heterocycles. The summed E-state index contributed by atoms with van der Waals surface area (Å²) in [5.41, 5.74) is 0. The quantitative estimate of drug-likeness (QED) is 0.429. The van der Waals surface area contributed by atoms with Crippen LogP contribution in [0.5, 0.6) is 0 Å². The smallest absolute Gasteiger partial charge is 0.243 e. The van der Waals surface area contributed by atoms with Crippen molar-refractivity contribution in [2.24, 2.45) is 11.8 Å². The number of piperidine rings is 1. The van der Waals surface area contributed by atoms with Gasteiger partial charge in [0.1, 0.15) is 5.78 Å². The third-order valence-electron chi connectivity index (χ3n) is 6.78. The van der Waals surface area contributed by atoms with Gasteiger partial charge >= 0.3 is 0 Å². The minimum atomic E-state index is -3.60. The second kappa shape index (κ2) is 11.8. The number of likely N-dealkylation sites (tertiary alicyclic amines) is 1. The van der Waals surface area contributed by atoms with Crippen LogP contribution in [0.25, 0.3) is 0 Å². The largest absolute Gasteiger partial charge is 0.303 e. The Morgan fingerprint density at radius 2 is 1.74 bits per heavy atom. The van der Waals surface area contributed by atoms with Crippen molar-refractivity contribution in [2.75, 3.05) is 32.7 Å². The summed E-state index contributed by atoms with van der Waals surface area (Å²) < 4.78 is 27.7. The van der Waals surface area contributed by atoms with Crippen LogP contribution in [0.4, 0.5) is 0 Å². The number of rotatable bonds is 11. The Hall–Kier alpha value is -0.950. The second-order valence-corrected chi connectivity index (χ2v) is 11.5. The molecule has 31 heavy (non-hydrogen) atoms. The summed E-state index contributed by atoms with van der Waals surface area (Å²) in [6.07, 6.45) is 9.52. The van der Waals surface area contributed by atoms with Gasteiger partial charge < -0.3 is 4.90 Å². The number of benzene rings is 1. The molecule has 7 heteroatoms. The zero-order chi connectivity index (χ0) is 22.3. The number of carbonyl (C=O) groups is 1. The Bertz CT molecular complexity index is 807. The number of sulfonamides is 1. The van der Waals surface area contributed by atoms with Crippen LogP contribution in [0.1, 0.15) is 64.7 Å². The van der Waals surface area contributed by atoms with Crippen molar-refractivity contribution in [1.29, 1.82) is 0 Å². The number of carbonyl (C=O) groups excluding carboxylic acids is 1. The molecule has 0 N–H and O–H groups in total. The Balaban J connectivity index is 1.51. The van der Waals surface area contributed by atoms with Crippen molar-refractivity contribution in [3.8, 4) is 0 Å². The van der Waals surface area contributed by atoms with E-state index in [4.69, 9.17) is 11.6 Å². The molecule has 0 spiro atoms. The first-order chi connectivity index (χ1) is 14.9. The van der Waals surface area contributed by atoms with E-state index in [-0.39, 0.29) is 22.5 Å². The molecule has 2 fully saturated rings. The maximum absolute atomic E-state index is 13.1. The lowest BCUT2D eigenvalue weighted by atomic mass is 9.86. The van der Waals surface area contributed by atoms with E-state index in [1.807, 2.05) is 0 Å². The number of Topliss-reactive ketones (excluding diaryl/α,β-unsaturated/α-hetero) is 1. The average Bonchev–Trinajstić information content (AvgIpc) is 3.20. The lowest BCUT2D eigenvalue weighted by Crippen LogP contribution is -2.30. The molecule has 1 aromatic carbocycles. The minimum absolute atomic E-state index is 0.118. The van der Waals surface area contributed by atoms with Crippen LogP contribution in [-0.4, -0.2) is 56.1 Å². The molecule has 1 unspecified atom stereocenters. The van der Waals surface area contributed by atoms with Gasteiger partial charge in [-0.3, -0.25) is 4.79 Å². The molecular weight excluding hydrogens is 432 g/mol. The number of ketones is 1. The summed E-state index contributed by atoms with van der Waals surface area (Å²) in [4.78, 5) is 15.8. The first kappa shape index (κ1) is 24.7. The fraction of sp³-hybridized carbons (Fsp3) is 0.708. The Morgan fingerprint density at radius 1 is 1.03 bits per heavy atom. The molecule has 0 radical (unpaired) electrons. The van der Waals surface area contributed by atoms with Crippen molar-refractivity contribution in [3.05, 3.63) is 29.3 Å². The van der Waals surface area contributed by atoms with Crippen LogP contribution in [0.3, 0.4) is 0 Å². The molecule has 0 aliphatic carbocycles. The lowest BCUT2D eigenvalue weighted by Gasteiger charge is -2.26. The summed E-state index contributed by atoms with van der Waals surface area (Å²) in [7, 11) is -3.60. The zero-order valence-electron chi connectivity index (χ0n) is 18.8. The number of nitrogens with zero attached hydrogens (tertiary/aromatic N) is 2. The molecule has 0 saturated carbocycles. The summed E-state index contributed by atoms with van der Waals surface area (Å²) in [5, 5.41) is 0.512. The van der Waals surface area contributed by atoms with Crippen molar-refractivity contribution in [2.45, 2.75) is 69.6 Å². The van der Waals surface area contributed by atoms with Crippen LogP contribution in [-0.2, 0) is 14.8 Å². The summed E-state index contributed by atoms with van der Waals surface area (Å²) >= 11 is 5.91. The van der Waals surface area contributed by atoms with Crippen molar-refractivity contribution in [3.63, 3.8) is 0 Å². The van der Waals surface area contributed by atoms with E-state index in [0.29, 0.717) is 24.5 Å². The molecule has 2 saturated heterocycles. The molecule has 174 valence electrons. The molecule has 2 aliphatic heterocycles. The van der Waals surface area contributed by atoms with E-state index in [9.17, 15) is 13.2 Å². The van der Waals surface area contributed by atoms with Gasteiger partial charge in [0, 0.05) is 30.5 Å². The molecule has 5 nitrogen and oxygen atoms in total. The van der Waals surface area contributed by atoms with Gasteiger partial charge in [0.05, 0.1) is 4.90 Å². The Morgan fingerprint density at radius 3 is 2.42 bits per heavy atom. The molecule has 3 rings (SSSR count). The van der Waals surface area contributed by atoms with Gasteiger partial charge in [0.25, 0.3) is 0 Å². The third kappa shape index (κ3) is 6.77. The lowest BCUT2D eigenvalue weighted by molar-refractivity contribution is -0.123. The molecule has 0 amide bonds. The van der Waals surface area contributed by atoms with E-state index < -0.39 is 10.0 Å². The van der Waals surface area contributed by atoms with Crippen LogP contribution < -0.4 is 0 Å². The predicted octanol–water partition coefficient (Wildman–Crippen LogP) is 4.99. The number of unbranched alkanes of at least 4 members (excludes halogenated alkanes) is 2. The summed E-state index contributed by atoms with van der Waals surface area (Å²) in [6.45, 7) is 6.42. The minimum Gasteiger partial charge on any atom is -0.303 e. The second-order valence-electron chi connectivity index (χ2n) is 9.11. The van der Waals surface area contributed by atoms with Crippen LogP contribution in [0.15, 0.2) is 29.2 Å². The van der Waals surface area contributed by atoms with Crippen LogP contribution in [0.2, 0.25) is 5.02 Å². The Kier molecular flexibility index (Phi) is 9.38. The summed E-state index contributed by atoms with van der Waals surface area (Å²) in [6, 6.07) is 6.29. The van der Waals surface area contributed by atoms with E-state index >= 15 is 0 Å². The van der Waals surface area contributed by atoms with Crippen molar-refractivity contribution in [1.82, 2.24) is 9.21 Å². The van der Waals surface area contributed by atoms with E-state index in [1.54, 1.807) is 24.3 Å². The highest BCUT2D eigenvalue weighted by atomic mass is 35.5.